The average Bonchev–Trinajstić information content (AvgIpc) is 3.64. The molecule has 1 aromatic heterocycles. The van der Waals surface area contributed by atoms with Gasteiger partial charge in [-0.2, -0.15) is 0 Å². The molecule has 8 nitrogen and oxygen atoms in total. The highest BCUT2D eigenvalue weighted by molar-refractivity contribution is 5.90. The van der Waals surface area contributed by atoms with E-state index < -0.39 is 5.97 Å². The maximum absolute atomic E-state index is 13.4. The molecule has 0 spiro atoms. The smallest absolute Gasteiger partial charge is 0.343 e. The van der Waals surface area contributed by atoms with E-state index in [9.17, 15) is 9.59 Å². The number of aromatic nitrogens is 1. The lowest BCUT2D eigenvalue weighted by molar-refractivity contribution is -0.156. The number of hydrogen-bond donors (Lipinski definition) is 0. The summed E-state index contributed by atoms with van der Waals surface area (Å²) in [7, 11) is 2.96. The molecule has 2 fully saturated rings. The minimum absolute atomic E-state index is 0.0436. The molecule has 5 rings (SSSR count). The molecule has 176 valence electrons. The van der Waals surface area contributed by atoms with Crippen molar-refractivity contribution in [1.29, 1.82) is 0 Å². The number of ether oxygens (including phenoxy) is 5. The molecule has 1 saturated heterocycles. The normalized spacial score (nSPS) is 20.2. The molecule has 3 aliphatic rings. The van der Waals surface area contributed by atoms with Crippen molar-refractivity contribution in [2.45, 2.75) is 38.3 Å². The van der Waals surface area contributed by atoms with Crippen molar-refractivity contribution in [1.82, 2.24) is 4.57 Å². The van der Waals surface area contributed by atoms with Crippen molar-refractivity contribution in [3.8, 4) is 22.8 Å². The van der Waals surface area contributed by atoms with Gasteiger partial charge in [-0.15, -0.1) is 0 Å². The third-order valence-electron chi connectivity index (χ3n) is 6.57. The SMILES string of the molecule is COCCCOc1ccc2c(c1)OC(C1(C)COC1)c1cc(C(=O)OC)c(=O)n(C3CC3)c1-2. The first-order valence-electron chi connectivity index (χ1n) is 11.3. The first kappa shape index (κ1) is 22.0. The van der Waals surface area contributed by atoms with Crippen LogP contribution in [0, 0.1) is 5.41 Å². The second-order valence-corrected chi connectivity index (χ2v) is 9.26. The van der Waals surface area contributed by atoms with Gasteiger partial charge in [0.1, 0.15) is 23.2 Å². The van der Waals surface area contributed by atoms with Crippen LogP contribution in [0.2, 0.25) is 0 Å². The Balaban J connectivity index is 1.65. The molecule has 33 heavy (non-hydrogen) atoms. The fourth-order valence-corrected chi connectivity index (χ4v) is 4.64. The Morgan fingerprint density at radius 1 is 1.18 bits per heavy atom. The van der Waals surface area contributed by atoms with E-state index >= 15 is 0 Å². The summed E-state index contributed by atoms with van der Waals surface area (Å²) in [6.07, 6.45) is 2.22. The summed E-state index contributed by atoms with van der Waals surface area (Å²) in [6.45, 7) is 4.34. The zero-order chi connectivity index (χ0) is 23.2. The van der Waals surface area contributed by atoms with Crippen molar-refractivity contribution in [3.05, 3.63) is 45.7 Å². The number of nitrogens with zero attached hydrogens (tertiary/aromatic N) is 1. The molecule has 0 bridgehead atoms. The molecule has 0 amide bonds. The quantitative estimate of drug-likeness (QED) is 0.445. The van der Waals surface area contributed by atoms with Gasteiger partial charge < -0.3 is 28.3 Å². The molecule has 1 unspecified atom stereocenters. The van der Waals surface area contributed by atoms with Crippen LogP contribution in [-0.2, 0) is 14.2 Å². The van der Waals surface area contributed by atoms with Crippen LogP contribution in [0.4, 0.5) is 0 Å². The molecule has 0 N–H and O–H groups in total. The third kappa shape index (κ3) is 3.81. The maximum atomic E-state index is 13.4. The molecule has 1 aromatic carbocycles. The zero-order valence-electron chi connectivity index (χ0n) is 19.2. The Hall–Kier alpha value is -2.84. The van der Waals surface area contributed by atoms with E-state index in [-0.39, 0.29) is 28.7 Å². The highest BCUT2D eigenvalue weighted by Gasteiger charge is 2.48. The molecule has 1 aliphatic carbocycles. The monoisotopic (exact) mass is 455 g/mol. The van der Waals surface area contributed by atoms with Crippen molar-refractivity contribution >= 4 is 5.97 Å². The van der Waals surface area contributed by atoms with Crippen molar-refractivity contribution in [2.75, 3.05) is 40.6 Å². The second-order valence-electron chi connectivity index (χ2n) is 9.26. The predicted molar refractivity (Wildman–Crippen MR) is 120 cm³/mol. The summed E-state index contributed by atoms with van der Waals surface area (Å²) < 4.78 is 29.7. The highest BCUT2D eigenvalue weighted by atomic mass is 16.5. The van der Waals surface area contributed by atoms with E-state index in [1.54, 1.807) is 17.7 Å². The number of fused-ring (bicyclic) bond motifs is 3. The van der Waals surface area contributed by atoms with Gasteiger partial charge in [-0.3, -0.25) is 4.79 Å². The second kappa shape index (κ2) is 8.50. The lowest BCUT2D eigenvalue weighted by Gasteiger charge is -2.46. The van der Waals surface area contributed by atoms with Crippen LogP contribution >= 0.6 is 0 Å². The van der Waals surface area contributed by atoms with Gasteiger partial charge in [-0.25, -0.2) is 4.79 Å². The van der Waals surface area contributed by atoms with E-state index in [2.05, 4.69) is 6.92 Å². The number of carbonyl (C=O) groups is 1. The minimum atomic E-state index is -0.628. The Labute approximate surface area is 192 Å². The first-order valence-corrected chi connectivity index (χ1v) is 11.3. The average molecular weight is 456 g/mol. The van der Waals surface area contributed by atoms with Gasteiger partial charge in [0.05, 0.1) is 38.0 Å². The summed E-state index contributed by atoms with van der Waals surface area (Å²) in [5.74, 6) is 0.745. The minimum Gasteiger partial charge on any atom is -0.493 e. The maximum Gasteiger partial charge on any atom is 0.343 e. The molecular formula is C25H29NO7. The Morgan fingerprint density at radius 3 is 2.61 bits per heavy atom. The number of pyridine rings is 1. The molecule has 1 atom stereocenters. The van der Waals surface area contributed by atoms with Gasteiger partial charge in [0, 0.05) is 43.4 Å². The lowest BCUT2D eigenvalue weighted by Crippen LogP contribution is -2.48. The summed E-state index contributed by atoms with van der Waals surface area (Å²) >= 11 is 0. The number of methoxy groups -OCH3 is 2. The van der Waals surface area contributed by atoms with Crippen molar-refractivity contribution in [2.24, 2.45) is 5.41 Å². The number of hydrogen-bond acceptors (Lipinski definition) is 7. The first-order chi connectivity index (χ1) is 16.0. The van der Waals surface area contributed by atoms with Crippen LogP contribution in [0.5, 0.6) is 11.5 Å². The summed E-state index contributed by atoms with van der Waals surface area (Å²) in [5, 5.41) is 0. The van der Waals surface area contributed by atoms with Gasteiger partial charge in [-0.05, 0) is 31.0 Å². The number of esters is 1. The number of rotatable bonds is 8. The molecule has 3 heterocycles. The highest BCUT2D eigenvalue weighted by Crippen LogP contribution is 2.53. The van der Waals surface area contributed by atoms with Crippen LogP contribution in [-0.4, -0.2) is 51.2 Å². The Bertz CT molecular complexity index is 1130. The van der Waals surface area contributed by atoms with E-state index in [0.717, 1.165) is 36.1 Å². The van der Waals surface area contributed by atoms with Crippen molar-refractivity contribution < 1.29 is 28.5 Å². The lowest BCUT2D eigenvalue weighted by atomic mass is 9.76. The largest absolute Gasteiger partial charge is 0.493 e. The molecule has 8 heteroatoms. The molecule has 2 aliphatic heterocycles. The van der Waals surface area contributed by atoms with E-state index in [1.165, 1.54) is 7.11 Å². The van der Waals surface area contributed by atoms with Crippen LogP contribution in [0.1, 0.15) is 54.3 Å². The Kier molecular flexibility index (Phi) is 5.66. The van der Waals surface area contributed by atoms with Gasteiger partial charge in [0.25, 0.3) is 5.56 Å². The summed E-state index contributed by atoms with van der Waals surface area (Å²) in [4.78, 5) is 25.9. The fourth-order valence-electron chi connectivity index (χ4n) is 4.64. The van der Waals surface area contributed by atoms with E-state index in [4.69, 9.17) is 23.7 Å². The van der Waals surface area contributed by atoms with Crippen LogP contribution in [0.25, 0.3) is 11.3 Å². The van der Waals surface area contributed by atoms with Crippen LogP contribution < -0.4 is 15.0 Å². The molecule has 0 radical (unpaired) electrons. The van der Waals surface area contributed by atoms with Gasteiger partial charge in [0.2, 0.25) is 0 Å². The third-order valence-corrected chi connectivity index (χ3v) is 6.57. The van der Waals surface area contributed by atoms with Gasteiger partial charge in [0.15, 0.2) is 0 Å². The predicted octanol–water partition coefficient (Wildman–Crippen LogP) is 3.52. The molecule has 2 aromatic rings. The summed E-state index contributed by atoms with van der Waals surface area (Å²) in [6, 6.07) is 7.44. The fraction of sp³-hybridized carbons (Fsp3) is 0.520. The van der Waals surface area contributed by atoms with Crippen LogP contribution in [0.3, 0.4) is 0 Å². The van der Waals surface area contributed by atoms with Crippen molar-refractivity contribution in [3.63, 3.8) is 0 Å². The Morgan fingerprint density at radius 2 is 1.97 bits per heavy atom. The topological polar surface area (TPSA) is 85.2 Å². The standard InChI is InChI=1S/C25H29NO7/c1-25(13-31-14-25)22-18-12-19(24(28)30-3)23(27)26(15-5-6-15)21(18)17-8-7-16(11-20(17)33-22)32-10-4-9-29-2/h7-8,11-12,15,22H,4-6,9-10,13-14H2,1-3H3. The van der Waals surface area contributed by atoms with Gasteiger partial charge >= 0.3 is 5.97 Å². The molecule has 1 saturated carbocycles. The zero-order valence-corrected chi connectivity index (χ0v) is 19.2. The van der Waals surface area contributed by atoms with Crippen LogP contribution in [0.15, 0.2) is 29.1 Å². The summed E-state index contributed by atoms with van der Waals surface area (Å²) in [5.41, 5.74) is 1.93. The molecular weight excluding hydrogens is 426 g/mol. The number of carbonyl (C=O) groups excluding carboxylic acids is 1. The number of benzene rings is 1. The van der Waals surface area contributed by atoms with Gasteiger partial charge in [-0.1, -0.05) is 6.92 Å². The van der Waals surface area contributed by atoms with E-state index in [0.29, 0.717) is 37.9 Å². The van der Waals surface area contributed by atoms with E-state index in [1.807, 2.05) is 18.2 Å².